The predicted octanol–water partition coefficient (Wildman–Crippen LogP) is 6.56. The van der Waals surface area contributed by atoms with Gasteiger partial charge in [0.05, 0.1) is 0 Å². The quantitative estimate of drug-likeness (QED) is 0.571. The minimum atomic E-state index is 0.557. The summed E-state index contributed by atoms with van der Waals surface area (Å²) in [5.41, 5.74) is 2.53. The lowest BCUT2D eigenvalue weighted by Crippen LogP contribution is -1.86. The second-order valence-corrected chi connectivity index (χ2v) is 5.05. The highest BCUT2D eigenvalue weighted by atomic mass is 14.6. The van der Waals surface area contributed by atoms with Gasteiger partial charge in [-0.2, -0.15) is 0 Å². The first-order valence-corrected chi connectivity index (χ1v) is 7.87. The molecule has 21 heavy (non-hydrogen) atoms. The molecule has 0 fully saturated rings. The maximum Gasteiger partial charge on any atom is 0.0270 e. The van der Waals surface area contributed by atoms with Gasteiger partial charge in [0.25, 0.3) is 0 Å². The third kappa shape index (κ3) is 13.1. The first-order chi connectivity index (χ1) is 9.99. The van der Waals surface area contributed by atoms with Gasteiger partial charge in [-0.25, -0.2) is 0 Å². The zero-order valence-electron chi connectivity index (χ0n) is 14.9. The highest BCUT2D eigenvalue weighted by Crippen LogP contribution is 2.10. The van der Waals surface area contributed by atoms with Crippen molar-refractivity contribution in [3.05, 3.63) is 66.5 Å². The molecular weight excluding hydrogens is 254 g/mol. The Morgan fingerprint density at radius 1 is 1.05 bits per heavy atom. The summed E-state index contributed by atoms with van der Waals surface area (Å²) in [5, 5.41) is 0. The molecule has 0 radical (unpaired) electrons. The van der Waals surface area contributed by atoms with E-state index in [1.165, 1.54) is 11.1 Å². The minimum Gasteiger partial charge on any atom is -0.265 e. The molecule has 1 rings (SSSR count). The highest BCUT2D eigenvalue weighted by Gasteiger charge is 1.94. The summed E-state index contributed by atoms with van der Waals surface area (Å²) in [7, 11) is 0. The standard InChI is InChI=1S/C10H16.C8H11N.C2H6/c1-5-6-7-8-10(4)9(2)3;1-7(2)8-3-5-9-6-4-8;1-2/h5-9H,4H2,1-3H3;3-7H,1-2H3;1-2H3/b6-5-,8-7-;;. The highest BCUT2D eigenvalue weighted by molar-refractivity contribution is 5.20. The van der Waals surface area contributed by atoms with Crippen molar-refractivity contribution in [1.82, 2.24) is 4.98 Å². The number of hydrogen-bond acceptors (Lipinski definition) is 1. The third-order valence-electron chi connectivity index (χ3n) is 2.73. The van der Waals surface area contributed by atoms with Crippen LogP contribution in [-0.4, -0.2) is 4.98 Å². The molecule has 1 heterocycles. The fourth-order valence-electron chi connectivity index (χ4n) is 1.23. The second-order valence-electron chi connectivity index (χ2n) is 5.05. The summed E-state index contributed by atoms with van der Waals surface area (Å²) in [6.45, 7) is 18.5. The Bertz CT molecular complexity index is 397. The van der Waals surface area contributed by atoms with Crippen molar-refractivity contribution >= 4 is 0 Å². The van der Waals surface area contributed by atoms with E-state index in [2.05, 4.69) is 39.3 Å². The molecule has 118 valence electrons. The van der Waals surface area contributed by atoms with Crippen molar-refractivity contribution in [3.63, 3.8) is 0 Å². The Balaban J connectivity index is 0. The fraction of sp³-hybridized carbons (Fsp3) is 0.450. The average molecular weight is 287 g/mol. The molecule has 0 N–H and O–H groups in total. The average Bonchev–Trinajstić information content (AvgIpc) is 2.51. The number of allylic oxidation sites excluding steroid dienone is 5. The van der Waals surface area contributed by atoms with Crippen LogP contribution in [0.15, 0.2) is 61.0 Å². The predicted molar refractivity (Wildman–Crippen MR) is 97.6 cm³/mol. The van der Waals surface area contributed by atoms with Gasteiger partial charge in [0.1, 0.15) is 0 Å². The molecule has 0 aliphatic heterocycles. The molecule has 1 aromatic heterocycles. The first kappa shape index (κ1) is 21.7. The van der Waals surface area contributed by atoms with Gasteiger partial charge in [-0.3, -0.25) is 4.98 Å². The van der Waals surface area contributed by atoms with Gasteiger partial charge in [0.15, 0.2) is 0 Å². The third-order valence-corrected chi connectivity index (χ3v) is 2.73. The summed E-state index contributed by atoms with van der Waals surface area (Å²) in [6, 6.07) is 4.09. The van der Waals surface area contributed by atoms with Crippen molar-refractivity contribution in [3.8, 4) is 0 Å². The minimum absolute atomic E-state index is 0.557. The summed E-state index contributed by atoms with van der Waals surface area (Å²) in [5.74, 6) is 1.18. The zero-order valence-corrected chi connectivity index (χ0v) is 14.9. The van der Waals surface area contributed by atoms with E-state index in [0.29, 0.717) is 11.8 Å². The number of pyridine rings is 1. The largest absolute Gasteiger partial charge is 0.265 e. The molecule has 1 nitrogen and oxygen atoms in total. The summed E-state index contributed by atoms with van der Waals surface area (Å²) in [4.78, 5) is 3.93. The Morgan fingerprint density at radius 3 is 1.90 bits per heavy atom. The Labute approximate surface area is 132 Å². The molecule has 0 aliphatic carbocycles. The molecule has 0 spiro atoms. The summed E-state index contributed by atoms with van der Waals surface area (Å²) in [6.07, 6.45) is 11.7. The van der Waals surface area contributed by atoms with Crippen LogP contribution in [0.1, 0.15) is 59.9 Å². The number of aromatic nitrogens is 1. The molecule has 1 heteroatoms. The van der Waals surface area contributed by atoms with Crippen molar-refractivity contribution in [2.45, 2.75) is 54.4 Å². The van der Waals surface area contributed by atoms with Crippen LogP contribution in [0, 0.1) is 5.92 Å². The lowest BCUT2D eigenvalue weighted by Gasteiger charge is -2.01. The lowest BCUT2D eigenvalue weighted by molar-refractivity contribution is 0.795. The van der Waals surface area contributed by atoms with Crippen molar-refractivity contribution in [2.75, 3.05) is 0 Å². The van der Waals surface area contributed by atoms with Crippen LogP contribution in [0.2, 0.25) is 0 Å². The first-order valence-electron chi connectivity index (χ1n) is 7.87. The van der Waals surface area contributed by atoms with Gasteiger partial charge in [0.2, 0.25) is 0 Å². The lowest BCUT2D eigenvalue weighted by atomic mass is 10.1. The fourth-order valence-corrected chi connectivity index (χ4v) is 1.23. The monoisotopic (exact) mass is 287 g/mol. The van der Waals surface area contributed by atoms with Crippen LogP contribution in [0.5, 0.6) is 0 Å². The van der Waals surface area contributed by atoms with Gasteiger partial charge in [0, 0.05) is 12.4 Å². The molecule has 0 unspecified atom stereocenters. The molecule has 0 bridgehead atoms. The van der Waals surface area contributed by atoms with Crippen LogP contribution >= 0.6 is 0 Å². The summed E-state index contributed by atoms with van der Waals surface area (Å²) < 4.78 is 0. The van der Waals surface area contributed by atoms with Gasteiger partial charge in [-0.15, -0.1) is 0 Å². The Morgan fingerprint density at radius 2 is 1.57 bits per heavy atom. The Kier molecular flexibility index (Phi) is 15.2. The van der Waals surface area contributed by atoms with Crippen LogP contribution < -0.4 is 0 Å². The van der Waals surface area contributed by atoms with E-state index in [-0.39, 0.29) is 0 Å². The maximum absolute atomic E-state index is 3.93. The van der Waals surface area contributed by atoms with Gasteiger partial charge in [-0.05, 0) is 36.5 Å². The molecule has 0 amide bonds. The van der Waals surface area contributed by atoms with Gasteiger partial charge in [-0.1, -0.05) is 78.0 Å². The van der Waals surface area contributed by atoms with Gasteiger partial charge < -0.3 is 0 Å². The van der Waals surface area contributed by atoms with E-state index < -0.39 is 0 Å². The van der Waals surface area contributed by atoms with E-state index >= 15 is 0 Å². The van der Waals surface area contributed by atoms with E-state index in [9.17, 15) is 0 Å². The molecule has 0 atom stereocenters. The smallest absolute Gasteiger partial charge is 0.0270 e. The van der Waals surface area contributed by atoms with Crippen molar-refractivity contribution in [2.24, 2.45) is 5.92 Å². The second kappa shape index (κ2) is 14.8. The number of nitrogens with zero attached hydrogens (tertiary/aromatic N) is 1. The Hall–Kier alpha value is -1.63. The zero-order chi connectivity index (χ0) is 16.7. The molecule has 0 aromatic carbocycles. The van der Waals surface area contributed by atoms with E-state index in [4.69, 9.17) is 0 Å². The molecule has 0 aliphatic rings. The van der Waals surface area contributed by atoms with Crippen molar-refractivity contribution < 1.29 is 0 Å². The molecular formula is C20H33N. The van der Waals surface area contributed by atoms with Crippen LogP contribution in [0.4, 0.5) is 0 Å². The normalized spacial score (nSPS) is 10.3. The van der Waals surface area contributed by atoms with Crippen LogP contribution in [-0.2, 0) is 0 Å². The van der Waals surface area contributed by atoms with E-state index in [1.807, 2.05) is 69.6 Å². The summed E-state index contributed by atoms with van der Waals surface area (Å²) >= 11 is 0. The molecule has 1 aromatic rings. The van der Waals surface area contributed by atoms with Crippen molar-refractivity contribution in [1.29, 1.82) is 0 Å². The number of rotatable bonds is 4. The molecule has 0 saturated heterocycles. The van der Waals surface area contributed by atoms with E-state index in [0.717, 1.165) is 0 Å². The number of hydrogen-bond donors (Lipinski definition) is 0. The van der Waals surface area contributed by atoms with Crippen LogP contribution in [0.25, 0.3) is 0 Å². The SMILES string of the molecule is C=C(/C=C\C=C/C)C(C)C.CC.CC(C)c1ccncc1. The van der Waals surface area contributed by atoms with Gasteiger partial charge >= 0.3 is 0 Å². The van der Waals surface area contributed by atoms with Crippen LogP contribution in [0.3, 0.4) is 0 Å². The van der Waals surface area contributed by atoms with E-state index in [1.54, 1.807) is 0 Å². The topological polar surface area (TPSA) is 12.9 Å². The maximum atomic E-state index is 3.93. The molecule has 0 saturated carbocycles.